The van der Waals surface area contributed by atoms with E-state index in [0.29, 0.717) is 17.1 Å². The lowest BCUT2D eigenvalue weighted by molar-refractivity contribution is -0.384. The lowest BCUT2D eigenvalue weighted by atomic mass is 10.1. The number of carbonyl (C=O) groups is 1. The monoisotopic (exact) mass is 287 g/mol. The van der Waals surface area contributed by atoms with Crippen molar-refractivity contribution < 1.29 is 19.2 Å². The number of aryl methyl sites for hydroxylation is 1. The van der Waals surface area contributed by atoms with Gasteiger partial charge in [0.2, 0.25) is 0 Å². The SMILES string of the molecule is COC(=O)c1ccc(C)c(Oc2ccc([N+](=O)[O-])cc2)c1. The second-order valence-corrected chi connectivity index (χ2v) is 4.32. The van der Waals surface area contributed by atoms with E-state index in [0.717, 1.165) is 5.56 Å². The third-order valence-corrected chi connectivity index (χ3v) is 2.88. The smallest absolute Gasteiger partial charge is 0.337 e. The van der Waals surface area contributed by atoms with E-state index < -0.39 is 10.9 Å². The molecule has 0 aliphatic heterocycles. The molecule has 0 N–H and O–H groups in total. The molecule has 0 saturated carbocycles. The van der Waals surface area contributed by atoms with Crippen LogP contribution in [0.25, 0.3) is 0 Å². The van der Waals surface area contributed by atoms with E-state index in [1.165, 1.54) is 31.4 Å². The summed E-state index contributed by atoms with van der Waals surface area (Å²) in [6.07, 6.45) is 0. The maximum Gasteiger partial charge on any atom is 0.337 e. The van der Waals surface area contributed by atoms with Gasteiger partial charge in [0.25, 0.3) is 5.69 Å². The number of nitrogens with zero attached hydrogens (tertiary/aromatic N) is 1. The minimum Gasteiger partial charge on any atom is -0.465 e. The van der Waals surface area contributed by atoms with Crippen molar-refractivity contribution in [3.05, 3.63) is 63.7 Å². The zero-order valence-electron chi connectivity index (χ0n) is 11.5. The Morgan fingerprint density at radius 1 is 1.14 bits per heavy atom. The molecule has 0 bridgehead atoms. The highest BCUT2D eigenvalue weighted by Gasteiger charge is 2.10. The summed E-state index contributed by atoms with van der Waals surface area (Å²) < 4.78 is 10.3. The van der Waals surface area contributed by atoms with Gasteiger partial charge in [0.15, 0.2) is 0 Å². The molecule has 2 aromatic carbocycles. The number of hydrogen-bond acceptors (Lipinski definition) is 5. The Morgan fingerprint density at radius 2 is 1.81 bits per heavy atom. The summed E-state index contributed by atoms with van der Waals surface area (Å²) >= 11 is 0. The van der Waals surface area contributed by atoms with Crippen molar-refractivity contribution in [3.63, 3.8) is 0 Å². The Morgan fingerprint density at radius 3 is 2.38 bits per heavy atom. The fourth-order valence-corrected chi connectivity index (χ4v) is 1.72. The number of nitro benzene ring substituents is 1. The van der Waals surface area contributed by atoms with Crippen molar-refractivity contribution in [1.29, 1.82) is 0 Å². The van der Waals surface area contributed by atoms with Gasteiger partial charge in [0.05, 0.1) is 17.6 Å². The first-order valence-corrected chi connectivity index (χ1v) is 6.12. The highest BCUT2D eigenvalue weighted by molar-refractivity contribution is 5.89. The lowest BCUT2D eigenvalue weighted by Crippen LogP contribution is -2.01. The van der Waals surface area contributed by atoms with Crippen LogP contribution in [0.4, 0.5) is 5.69 Å². The largest absolute Gasteiger partial charge is 0.465 e. The average Bonchev–Trinajstić information content (AvgIpc) is 2.49. The third-order valence-electron chi connectivity index (χ3n) is 2.88. The van der Waals surface area contributed by atoms with E-state index >= 15 is 0 Å². The number of esters is 1. The van der Waals surface area contributed by atoms with E-state index in [1.807, 2.05) is 6.92 Å². The Kier molecular flexibility index (Phi) is 4.18. The number of hydrogen-bond donors (Lipinski definition) is 0. The minimum atomic E-state index is -0.479. The van der Waals surface area contributed by atoms with Crippen LogP contribution in [0.2, 0.25) is 0 Å². The van der Waals surface area contributed by atoms with Gasteiger partial charge in [-0.2, -0.15) is 0 Å². The molecule has 0 amide bonds. The van der Waals surface area contributed by atoms with E-state index in [-0.39, 0.29) is 5.69 Å². The molecule has 0 unspecified atom stereocenters. The quantitative estimate of drug-likeness (QED) is 0.488. The summed E-state index contributed by atoms with van der Waals surface area (Å²) in [6.45, 7) is 1.84. The maximum atomic E-state index is 11.5. The van der Waals surface area contributed by atoms with Crippen LogP contribution in [0.1, 0.15) is 15.9 Å². The topological polar surface area (TPSA) is 78.7 Å². The molecule has 21 heavy (non-hydrogen) atoms. The molecule has 2 aromatic rings. The number of methoxy groups -OCH3 is 1. The Hall–Kier alpha value is -2.89. The highest BCUT2D eigenvalue weighted by Crippen LogP contribution is 2.27. The molecule has 0 heterocycles. The molecule has 0 radical (unpaired) electrons. The molecular weight excluding hydrogens is 274 g/mol. The van der Waals surface area contributed by atoms with Gasteiger partial charge in [-0.05, 0) is 36.8 Å². The predicted molar refractivity (Wildman–Crippen MR) is 75.7 cm³/mol. The van der Waals surface area contributed by atoms with Crippen LogP contribution in [0, 0.1) is 17.0 Å². The first-order valence-electron chi connectivity index (χ1n) is 6.12. The van der Waals surface area contributed by atoms with Crippen LogP contribution < -0.4 is 4.74 Å². The zero-order valence-corrected chi connectivity index (χ0v) is 11.5. The summed E-state index contributed by atoms with van der Waals surface area (Å²) in [5, 5.41) is 10.6. The Bertz CT molecular complexity index is 679. The predicted octanol–water partition coefficient (Wildman–Crippen LogP) is 3.48. The fourth-order valence-electron chi connectivity index (χ4n) is 1.72. The van der Waals surface area contributed by atoms with Crippen molar-refractivity contribution >= 4 is 11.7 Å². The number of benzene rings is 2. The maximum absolute atomic E-state index is 11.5. The summed E-state index contributed by atoms with van der Waals surface area (Å²) in [5.41, 5.74) is 1.20. The molecule has 0 saturated heterocycles. The van der Waals surface area contributed by atoms with Gasteiger partial charge in [-0.15, -0.1) is 0 Å². The standard InChI is InChI=1S/C15H13NO5/c1-10-3-4-11(15(17)20-2)9-14(10)21-13-7-5-12(6-8-13)16(18)19/h3-9H,1-2H3. The number of nitro groups is 1. The third kappa shape index (κ3) is 3.36. The van der Waals surface area contributed by atoms with Crippen LogP contribution in [-0.4, -0.2) is 18.0 Å². The number of ether oxygens (including phenoxy) is 2. The summed E-state index contributed by atoms with van der Waals surface area (Å²) in [5.74, 6) is 0.487. The van der Waals surface area contributed by atoms with Gasteiger partial charge in [-0.1, -0.05) is 6.07 Å². The number of rotatable bonds is 4. The van der Waals surface area contributed by atoms with Crippen molar-refractivity contribution in [2.24, 2.45) is 0 Å². The molecule has 0 aliphatic carbocycles. The molecule has 0 spiro atoms. The Labute approximate surface area is 121 Å². The molecule has 0 aromatic heterocycles. The van der Waals surface area contributed by atoms with Gasteiger partial charge in [0.1, 0.15) is 11.5 Å². The molecular formula is C15H13NO5. The minimum absolute atomic E-state index is 0.0117. The molecule has 2 rings (SSSR count). The average molecular weight is 287 g/mol. The van der Waals surface area contributed by atoms with Crippen molar-refractivity contribution in [3.8, 4) is 11.5 Å². The van der Waals surface area contributed by atoms with Crippen molar-refractivity contribution in [2.75, 3.05) is 7.11 Å². The van der Waals surface area contributed by atoms with Gasteiger partial charge in [-0.25, -0.2) is 4.79 Å². The normalized spacial score (nSPS) is 10.0. The second-order valence-electron chi connectivity index (χ2n) is 4.32. The molecule has 0 atom stereocenters. The van der Waals surface area contributed by atoms with Gasteiger partial charge in [0, 0.05) is 12.1 Å². The Balaban J connectivity index is 2.26. The molecule has 0 aliphatic rings. The summed E-state index contributed by atoms with van der Waals surface area (Å²) in [7, 11) is 1.30. The van der Waals surface area contributed by atoms with Crippen LogP contribution in [-0.2, 0) is 4.74 Å². The fraction of sp³-hybridized carbons (Fsp3) is 0.133. The first kappa shape index (κ1) is 14.5. The lowest BCUT2D eigenvalue weighted by Gasteiger charge is -2.10. The van der Waals surface area contributed by atoms with E-state index in [2.05, 4.69) is 4.74 Å². The van der Waals surface area contributed by atoms with Crippen molar-refractivity contribution in [2.45, 2.75) is 6.92 Å². The highest BCUT2D eigenvalue weighted by atomic mass is 16.6. The first-order chi connectivity index (χ1) is 10.0. The summed E-state index contributed by atoms with van der Waals surface area (Å²) in [6, 6.07) is 10.7. The van der Waals surface area contributed by atoms with Crippen molar-refractivity contribution in [1.82, 2.24) is 0 Å². The molecule has 6 nitrogen and oxygen atoms in total. The van der Waals surface area contributed by atoms with Crippen LogP contribution in [0.5, 0.6) is 11.5 Å². The van der Waals surface area contributed by atoms with Gasteiger partial charge in [-0.3, -0.25) is 10.1 Å². The van der Waals surface area contributed by atoms with Gasteiger partial charge < -0.3 is 9.47 Å². The van der Waals surface area contributed by atoms with E-state index in [1.54, 1.807) is 18.2 Å². The zero-order chi connectivity index (χ0) is 15.4. The number of carbonyl (C=O) groups excluding carboxylic acids is 1. The second kappa shape index (κ2) is 6.04. The molecule has 108 valence electrons. The van der Waals surface area contributed by atoms with Gasteiger partial charge >= 0.3 is 5.97 Å². The van der Waals surface area contributed by atoms with E-state index in [4.69, 9.17) is 4.74 Å². The van der Waals surface area contributed by atoms with Crippen LogP contribution in [0.15, 0.2) is 42.5 Å². The number of non-ortho nitro benzene ring substituents is 1. The molecule has 0 fully saturated rings. The summed E-state index contributed by atoms with van der Waals surface area (Å²) in [4.78, 5) is 21.6. The van der Waals surface area contributed by atoms with E-state index in [9.17, 15) is 14.9 Å². The van der Waals surface area contributed by atoms with Crippen LogP contribution >= 0.6 is 0 Å². The molecule has 6 heteroatoms. The van der Waals surface area contributed by atoms with Crippen LogP contribution in [0.3, 0.4) is 0 Å².